The molecule has 1 aromatic rings. The van der Waals surface area contributed by atoms with Crippen LogP contribution < -0.4 is 4.74 Å². The van der Waals surface area contributed by atoms with Gasteiger partial charge in [0.2, 0.25) is 0 Å². The van der Waals surface area contributed by atoms with Crippen molar-refractivity contribution in [2.24, 2.45) is 5.92 Å². The lowest BCUT2D eigenvalue weighted by Gasteiger charge is -2.14. The average molecular weight is 272 g/mol. The monoisotopic (exact) mass is 271 g/mol. The van der Waals surface area contributed by atoms with E-state index in [4.69, 9.17) is 16.3 Å². The zero-order valence-electron chi connectivity index (χ0n) is 10.7. The highest BCUT2D eigenvalue weighted by molar-refractivity contribution is 6.17. The third kappa shape index (κ3) is 3.88. The number of nitro groups is 1. The fourth-order valence-corrected chi connectivity index (χ4v) is 1.81. The van der Waals surface area contributed by atoms with Gasteiger partial charge in [-0.1, -0.05) is 32.8 Å². The molecule has 0 bridgehead atoms. The van der Waals surface area contributed by atoms with Crippen molar-refractivity contribution in [3.63, 3.8) is 0 Å². The zero-order chi connectivity index (χ0) is 13.5. The molecule has 0 unspecified atom stereocenters. The van der Waals surface area contributed by atoms with Crippen molar-refractivity contribution in [3.8, 4) is 5.75 Å². The highest BCUT2D eigenvalue weighted by Gasteiger charge is 2.16. The smallest absolute Gasteiger partial charge is 0.310 e. The van der Waals surface area contributed by atoms with Crippen molar-refractivity contribution in [1.82, 2.24) is 0 Å². The van der Waals surface area contributed by atoms with Crippen molar-refractivity contribution in [3.05, 3.63) is 33.9 Å². The van der Waals surface area contributed by atoms with Crippen LogP contribution in [0.1, 0.15) is 32.3 Å². The molecule has 0 fully saturated rings. The molecule has 1 rings (SSSR count). The standard InChI is InChI=1S/C13H18ClNO3/c1-3-10(4-2)9-18-13-7-11(8-14)5-6-12(13)15(16)17/h5-7,10H,3-4,8-9H2,1-2H3. The van der Waals surface area contributed by atoms with Gasteiger partial charge in [0.05, 0.1) is 11.5 Å². The van der Waals surface area contributed by atoms with Crippen molar-refractivity contribution in [1.29, 1.82) is 0 Å². The average Bonchev–Trinajstić information content (AvgIpc) is 2.39. The Balaban J connectivity index is 2.87. The van der Waals surface area contributed by atoms with E-state index in [0.717, 1.165) is 18.4 Å². The number of ether oxygens (including phenoxy) is 1. The first-order valence-corrected chi connectivity index (χ1v) is 6.61. The molecule has 4 nitrogen and oxygen atoms in total. The fourth-order valence-electron chi connectivity index (χ4n) is 1.64. The van der Waals surface area contributed by atoms with E-state index in [2.05, 4.69) is 13.8 Å². The Morgan fingerprint density at radius 2 is 2.06 bits per heavy atom. The van der Waals surface area contributed by atoms with Crippen LogP contribution in [-0.2, 0) is 5.88 Å². The summed E-state index contributed by atoms with van der Waals surface area (Å²) in [5.41, 5.74) is 0.816. The third-order valence-corrected chi connectivity index (χ3v) is 3.31. The van der Waals surface area contributed by atoms with Gasteiger partial charge in [0, 0.05) is 11.9 Å². The van der Waals surface area contributed by atoms with Crippen LogP contribution in [0.3, 0.4) is 0 Å². The normalized spacial score (nSPS) is 10.7. The molecule has 0 saturated heterocycles. The van der Waals surface area contributed by atoms with Crippen molar-refractivity contribution >= 4 is 17.3 Å². The minimum atomic E-state index is -0.430. The van der Waals surface area contributed by atoms with E-state index in [1.807, 2.05) is 0 Å². The second-order valence-electron chi connectivity index (χ2n) is 4.19. The van der Waals surface area contributed by atoms with E-state index < -0.39 is 4.92 Å². The number of alkyl halides is 1. The Labute approximate surface area is 112 Å². The van der Waals surface area contributed by atoms with Gasteiger partial charge in [0.25, 0.3) is 0 Å². The van der Waals surface area contributed by atoms with Crippen LogP contribution in [0.15, 0.2) is 18.2 Å². The van der Waals surface area contributed by atoms with E-state index in [0.29, 0.717) is 24.2 Å². The van der Waals surface area contributed by atoms with Crippen LogP contribution in [0.4, 0.5) is 5.69 Å². The topological polar surface area (TPSA) is 52.4 Å². The molecule has 0 aliphatic rings. The molecule has 0 N–H and O–H groups in total. The first-order valence-electron chi connectivity index (χ1n) is 6.08. The second-order valence-corrected chi connectivity index (χ2v) is 4.45. The van der Waals surface area contributed by atoms with Gasteiger partial charge in [-0.25, -0.2) is 0 Å². The molecule has 0 radical (unpaired) electrons. The van der Waals surface area contributed by atoms with E-state index in [1.54, 1.807) is 12.1 Å². The van der Waals surface area contributed by atoms with Gasteiger partial charge in [-0.05, 0) is 17.5 Å². The van der Waals surface area contributed by atoms with Gasteiger partial charge in [0.15, 0.2) is 5.75 Å². The van der Waals surface area contributed by atoms with E-state index in [9.17, 15) is 10.1 Å². The summed E-state index contributed by atoms with van der Waals surface area (Å²) in [6.45, 7) is 4.67. The fraction of sp³-hybridized carbons (Fsp3) is 0.538. The third-order valence-electron chi connectivity index (χ3n) is 3.00. The highest BCUT2D eigenvalue weighted by atomic mass is 35.5. The number of benzene rings is 1. The molecule has 0 atom stereocenters. The SMILES string of the molecule is CCC(CC)COc1cc(CCl)ccc1[N+](=O)[O-]. The molecule has 0 saturated carbocycles. The molecule has 5 heteroatoms. The predicted octanol–water partition coefficient (Wildman–Crippen LogP) is 4.15. The molecule has 1 aromatic carbocycles. The summed E-state index contributed by atoms with van der Waals surface area (Å²) in [6.07, 6.45) is 2.00. The Kier molecular flexibility index (Phi) is 5.92. The predicted molar refractivity (Wildman–Crippen MR) is 72.2 cm³/mol. The summed E-state index contributed by atoms with van der Waals surface area (Å²) in [7, 11) is 0. The number of rotatable bonds is 7. The first-order chi connectivity index (χ1) is 8.62. The summed E-state index contributed by atoms with van der Waals surface area (Å²) in [5, 5.41) is 10.9. The maximum Gasteiger partial charge on any atom is 0.310 e. The van der Waals surface area contributed by atoms with Gasteiger partial charge >= 0.3 is 5.69 Å². The molecule has 0 amide bonds. The molecule has 0 aliphatic heterocycles. The molecule has 100 valence electrons. The lowest BCUT2D eigenvalue weighted by atomic mass is 10.1. The number of nitro benzene ring substituents is 1. The Morgan fingerprint density at radius 3 is 2.56 bits per heavy atom. The van der Waals surface area contributed by atoms with Crippen LogP contribution in [0, 0.1) is 16.0 Å². The van der Waals surface area contributed by atoms with Gasteiger partial charge in [-0.15, -0.1) is 11.6 Å². The molecule has 0 aliphatic carbocycles. The first kappa shape index (κ1) is 14.8. The number of nitrogens with zero attached hydrogens (tertiary/aromatic N) is 1. The number of halogens is 1. The zero-order valence-corrected chi connectivity index (χ0v) is 11.4. The van der Waals surface area contributed by atoms with Crippen molar-refractivity contribution in [2.75, 3.05) is 6.61 Å². The lowest BCUT2D eigenvalue weighted by Crippen LogP contribution is -2.11. The van der Waals surface area contributed by atoms with E-state index in [-0.39, 0.29) is 5.69 Å². The van der Waals surface area contributed by atoms with Crippen molar-refractivity contribution in [2.45, 2.75) is 32.6 Å². The summed E-state index contributed by atoms with van der Waals surface area (Å²) >= 11 is 5.72. The summed E-state index contributed by atoms with van der Waals surface area (Å²) < 4.78 is 5.58. The number of hydrogen-bond acceptors (Lipinski definition) is 3. The number of hydrogen-bond donors (Lipinski definition) is 0. The molecule has 0 spiro atoms. The van der Waals surface area contributed by atoms with Crippen LogP contribution in [0.5, 0.6) is 5.75 Å². The molecule has 18 heavy (non-hydrogen) atoms. The second kappa shape index (κ2) is 7.21. The van der Waals surface area contributed by atoms with Crippen LogP contribution in [0.25, 0.3) is 0 Å². The maximum atomic E-state index is 10.9. The quantitative estimate of drug-likeness (QED) is 0.425. The Hall–Kier alpha value is -1.29. The highest BCUT2D eigenvalue weighted by Crippen LogP contribution is 2.29. The van der Waals surface area contributed by atoms with Crippen LogP contribution in [0.2, 0.25) is 0 Å². The largest absolute Gasteiger partial charge is 0.487 e. The van der Waals surface area contributed by atoms with Gasteiger partial charge in [-0.3, -0.25) is 10.1 Å². The molecular formula is C13H18ClNO3. The summed E-state index contributed by atoms with van der Waals surface area (Å²) in [5.74, 6) is 1.05. The van der Waals surface area contributed by atoms with Gasteiger partial charge in [-0.2, -0.15) is 0 Å². The lowest BCUT2D eigenvalue weighted by molar-refractivity contribution is -0.385. The maximum absolute atomic E-state index is 10.9. The van der Waals surface area contributed by atoms with E-state index >= 15 is 0 Å². The van der Waals surface area contributed by atoms with Crippen LogP contribution >= 0.6 is 11.6 Å². The van der Waals surface area contributed by atoms with Gasteiger partial charge < -0.3 is 4.74 Å². The molecule has 0 aromatic heterocycles. The minimum absolute atomic E-state index is 0.00479. The Morgan fingerprint density at radius 1 is 1.39 bits per heavy atom. The molecule has 0 heterocycles. The van der Waals surface area contributed by atoms with Crippen molar-refractivity contribution < 1.29 is 9.66 Å². The molecular weight excluding hydrogens is 254 g/mol. The summed E-state index contributed by atoms with van der Waals surface area (Å²) in [4.78, 5) is 10.5. The van der Waals surface area contributed by atoms with Crippen LogP contribution in [-0.4, -0.2) is 11.5 Å². The Bertz CT molecular complexity index is 405. The van der Waals surface area contributed by atoms with E-state index in [1.165, 1.54) is 6.07 Å². The van der Waals surface area contributed by atoms with Gasteiger partial charge in [0.1, 0.15) is 0 Å². The summed E-state index contributed by atoms with van der Waals surface area (Å²) in [6, 6.07) is 4.74. The minimum Gasteiger partial charge on any atom is -0.487 e.